The smallest absolute Gasteiger partial charge is 0.347 e. The van der Waals surface area contributed by atoms with E-state index in [9.17, 15) is 4.79 Å². The summed E-state index contributed by atoms with van der Waals surface area (Å²) >= 11 is 2.88. The van der Waals surface area contributed by atoms with Crippen molar-refractivity contribution in [2.24, 2.45) is 0 Å². The highest BCUT2D eigenvalue weighted by Gasteiger charge is 2.11. The zero-order chi connectivity index (χ0) is 17.9. The number of hydrogen-bond donors (Lipinski definition) is 1. The van der Waals surface area contributed by atoms with Gasteiger partial charge in [0.05, 0.1) is 0 Å². The molecule has 2 nitrogen and oxygen atoms in total. The molecular formula is C20H28O2S2. The molecule has 4 heteroatoms. The Labute approximate surface area is 154 Å². The molecule has 0 radical (unpaired) electrons. The van der Waals surface area contributed by atoms with Crippen LogP contribution in [0.4, 0.5) is 0 Å². The summed E-state index contributed by atoms with van der Waals surface area (Å²) in [6, 6.07) is 1.89. The summed E-state index contributed by atoms with van der Waals surface area (Å²) in [6.07, 6.45) is 11.2. The Balaban J connectivity index is 2.33. The maximum Gasteiger partial charge on any atom is 0.347 e. The summed E-state index contributed by atoms with van der Waals surface area (Å²) in [4.78, 5) is 12.4. The van der Waals surface area contributed by atoms with Gasteiger partial charge in [-0.15, -0.1) is 23.1 Å². The van der Waals surface area contributed by atoms with Crippen LogP contribution >= 0.6 is 23.1 Å². The fourth-order valence-corrected chi connectivity index (χ4v) is 4.14. The van der Waals surface area contributed by atoms with Crippen LogP contribution in [0.1, 0.15) is 63.0 Å². The molecule has 0 fully saturated rings. The molecule has 0 atom stereocenters. The lowest BCUT2D eigenvalue weighted by Gasteiger charge is -2.02. The van der Waals surface area contributed by atoms with Crippen molar-refractivity contribution < 1.29 is 9.90 Å². The van der Waals surface area contributed by atoms with Crippen molar-refractivity contribution in [2.45, 2.75) is 58.3 Å². The SMILES string of the molecule is CC(C)=CCCC(C)=CCCC(C)=CCSc1ccsc1C(=O)O. The second-order valence-corrected chi connectivity index (χ2v) is 8.17. The van der Waals surface area contributed by atoms with Crippen molar-refractivity contribution in [3.05, 3.63) is 51.3 Å². The molecule has 1 aromatic rings. The second kappa shape index (κ2) is 11.3. The van der Waals surface area contributed by atoms with E-state index in [0.717, 1.165) is 36.3 Å². The number of allylic oxidation sites excluding steroid dienone is 5. The molecule has 0 aliphatic heterocycles. The van der Waals surface area contributed by atoms with Crippen molar-refractivity contribution >= 4 is 29.1 Å². The van der Waals surface area contributed by atoms with Crippen LogP contribution in [0.2, 0.25) is 0 Å². The highest BCUT2D eigenvalue weighted by atomic mass is 32.2. The van der Waals surface area contributed by atoms with Gasteiger partial charge >= 0.3 is 5.97 Å². The summed E-state index contributed by atoms with van der Waals surface area (Å²) < 4.78 is 0. The van der Waals surface area contributed by atoms with E-state index in [1.54, 1.807) is 11.8 Å². The van der Waals surface area contributed by atoms with E-state index >= 15 is 0 Å². The lowest BCUT2D eigenvalue weighted by atomic mass is 10.1. The first-order valence-corrected chi connectivity index (χ1v) is 10.1. The predicted molar refractivity (Wildman–Crippen MR) is 107 cm³/mol. The van der Waals surface area contributed by atoms with Gasteiger partial charge in [-0.2, -0.15) is 0 Å². The maximum absolute atomic E-state index is 11.1. The number of carboxylic acids is 1. The molecule has 1 heterocycles. The first-order valence-electron chi connectivity index (χ1n) is 8.28. The van der Waals surface area contributed by atoms with Crippen molar-refractivity contribution in [1.82, 2.24) is 0 Å². The van der Waals surface area contributed by atoms with Gasteiger partial charge < -0.3 is 5.11 Å². The molecule has 0 saturated carbocycles. The molecule has 0 unspecified atom stereocenters. The van der Waals surface area contributed by atoms with Crippen LogP contribution in [0.3, 0.4) is 0 Å². The van der Waals surface area contributed by atoms with Gasteiger partial charge in [0.25, 0.3) is 0 Å². The van der Waals surface area contributed by atoms with Gasteiger partial charge in [0, 0.05) is 10.6 Å². The van der Waals surface area contributed by atoms with Crippen LogP contribution in [0, 0.1) is 0 Å². The zero-order valence-corrected chi connectivity index (χ0v) is 16.7. The molecule has 0 bridgehead atoms. The highest BCUT2D eigenvalue weighted by molar-refractivity contribution is 7.99. The van der Waals surface area contributed by atoms with E-state index in [2.05, 4.69) is 45.9 Å². The van der Waals surface area contributed by atoms with Gasteiger partial charge in [-0.1, -0.05) is 34.9 Å². The van der Waals surface area contributed by atoms with Crippen LogP contribution in [0.5, 0.6) is 0 Å². The second-order valence-electron chi connectivity index (χ2n) is 6.19. The number of thiophene rings is 1. The van der Waals surface area contributed by atoms with E-state index in [0.29, 0.717) is 4.88 Å². The third-order valence-corrected chi connectivity index (χ3v) is 5.63. The van der Waals surface area contributed by atoms with Gasteiger partial charge in [0.2, 0.25) is 0 Å². The summed E-state index contributed by atoms with van der Waals surface area (Å²) in [6.45, 7) is 8.64. The number of carbonyl (C=O) groups is 1. The van der Waals surface area contributed by atoms with E-state index in [1.807, 2.05) is 11.4 Å². The van der Waals surface area contributed by atoms with Crippen LogP contribution in [0.25, 0.3) is 0 Å². The molecule has 0 aromatic carbocycles. The van der Waals surface area contributed by atoms with Crippen LogP contribution < -0.4 is 0 Å². The Kier molecular flexibility index (Phi) is 9.80. The van der Waals surface area contributed by atoms with Crippen molar-refractivity contribution in [1.29, 1.82) is 0 Å². The summed E-state index contributed by atoms with van der Waals surface area (Å²) in [5, 5.41) is 10.9. The summed E-state index contributed by atoms with van der Waals surface area (Å²) in [5.41, 5.74) is 4.21. The lowest BCUT2D eigenvalue weighted by Crippen LogP contribution is -1.93. The zero-order valence-electron chi connectivity index (χ0n) is 15.1. The van der Waals surface area contributed by atoms with Gasteiger partial charge in [-0.3, -0.25) is 0 Å². The van der Waals surface area contributed by atoms with E-state index in [4.69, 9.17) is 5.11 Å². The van der Waals surface area contributed by atoms with Crippen molar-refractivity contribution in [2.75, 3.05) is 5.75 Å². The summed E-state index contributed by atoms with van der Waals surface area (Å²) in [5.74, 6) is -0.00604. The number of aromatic carboxylic acids is 1. The lowest BCUT2D eigenvalue weighted by molar-refractivity contribution is 0.0699. The van der Waals surface area contributed by atoms with Crippen LogP contribution in [0.15, 0.2) is 51.3 Å². The minimum Gasteiger partial charge on any atom is -0.477 e. The quantitative estimate of drug-likeness (QED) is 0.360. The van der Waals surface area contributed by atoms with Crippen molar-refractivity contribution in [3.8, 4) is 0 Å². The number of rotatable bonds is 10. The van der Waals surface area contributed by atoms with E-state index < -0.39 is 5.97 Å². The molecule has 0 spiro atoms. The number of hydrogen-bond acceptors (Lipinski definition) is 3. The third kappa shape index (κ3) is 8.55. The van der Waals surface area contributed by atoms with Gasteiger partial charge in [0.1, 0.15) is 4.88 Å². The Bertz CT molecular complexity index is 617. The standard InChI is InChI=1S/C20H28O2S2/c1-15(2)7-5-8-16(3)9-6-10-17(4)11-13-23-18-12-14-24-19(18)20(21)22/h7,9,11-12,14H,5-6,8,10,13H2,1-4H3,(H,21,22). The average Bonchev–Trinajstić information content (AvgIpc) is 2.95. The minimum atomic E-state index is -0.832. The van der Waals surface area contributed by atoms with Crippen LogP contribution in [-0.4, -0.2) is 16.8 Å². The number of thioether (sulfide) groups is 1. The molecule has 1 N–H and O–H groups in total. The van der Waals surface area contributed by atoms with Gasteiger partial charge in [0.15, 0.2) is 0 Å². The molecule has 0 aliphatic rings. The molecule has 0 aliphatic carbocycles. The predicted octanol–water partition coefficient (Wildman–Crippen LogP) is 6.96. The Hall–Kier alpha value is -1.26. The molecule has 1 aromatic heterocycles. The minimum absolute atomic E-state index is 0.445. The highest BCUT2D eigenvalue weighted by Crippen LogP contribution is 2.28. The molecular weight excluding hydrogens is 336 g/mol. The first kappa shape index (κ1) is 20.8. The largest absolute Gasteiger partial charge is 0.477 e. The van der Waals surface area contributed by atoms with Crippen LogP contribution in [-0.2, 0) is 0 Å². The first-order chi connectivity index (χ1) is 11.4. The molecule has 132 valence electrons. The Morgan fingerprint density at radius 1 is 1.08 bits per heavy atom. The number of carboxylic acid groups (broad SMARTS) is 1. The molecule has 0 amide bonds. The maximum atomic E-state index is 11.1. The van der Waals surface area contributed by atoms with E-state index in [1.165, 1.54) is 28.1 Å². The monoisotopic (exact) mass is 364 g/mol. The van der Waals surface area contributed by atoms with Gasteiger partial charge in [-0.05, 0) is 64.8 Å². The normalized spacial score (nSPS) is 12.3. The topological polar surface area (TPSA) is 37.3 Å². The van der Waals surface area contributed by atoms with Gasteiger partial charge in [-0.25, -0.2) is 4.79 Å². The van der Waals surface area contributed by atoms with Crippen molar-refractivity contribution in [3.63, 3.8) is 0 Å². The fourth-order valence-electron chi connectivity index (χ4n) is 2.18. The molecule has 0 saturated heterocycles. The molecule has 1 rings (SSSR count). The Morgan fingerprint density at radius 3 is 2.33 bits per heavy atom. The molecule has 24 heavy (non-hydrogen) atoms. The third-order valence-electron chi connectivity index (χ3n) is 3.62. The van der Waals surface area contributed by atoms with E-state index in [-0.39, 0.29) is 0 Å². The Morgan fingerprint density at radius 2 is 1.71 bits per heavy atom. The average molecular weight is 365 g/mol. The summed E-state index contributed by atoms with van der Waals surface area (Å²) in [7, 11) is 0. The fraction of sp³-hybridized carbons (Fsp3) is 0.450.